The van der Waals surface area contributed by atoms with Gasteiger partial charge in [0.15, 0.2) is 0 Å². The van der Waals surface area contributed by atoms with E-state index in [0.717, 1.165) is 22.7 Å². The monoisotopic (exact) mass is 367 g/mol. The standard InChI is InChI=1S/C20H21N3O2S/c1-2-25-17-11-7-6-10-16(17)12-13-18(24)21-20-23-22-19(26-20)14-15-8-4-3-5-9-15/h3-11H,2,12-14H2,1H3,(H,21,23,24). The number of anilines is 1. The lowest BCUT2D eigenvalue weighted by atomic mass is 10.1. The normalized spacial score (nSPS) is 10.5. The van der Waals surface area contributed by atoms with Crippen molar-refractivity contribution >= 4 is 22.4 Å². The van der Waals surface area contributed by atoms with Crippen LogP contribution in [-0.4, -0.2) is 22.7 Å². The van der Waals surface area contributed by atoms with Crippen LogP contribution in [0.25, 0.3) is 0 Å². The maximum atomic E-state index is 12.2. The molecule has 26 heavy (non-hydrogen) atoms. The van der Waals surface area contributed by atoms with Gasteiger partial charge in [0.2, 0.25) is 11.0 Å². The molecule has 3 aromatic rings. The predicted molar refractivity (Wildman–Crippen MR) is 104 cm³/mol. The smallest absolute Gasteiger partial charge is 0.226 e. The molecule has 0 radical (unpaired) electrons. The fourth-order valence-electron chi connectivity index (χ4n) is 2.58. The molecule has 0 spiro atoms. The number of ether oxygens (including phenoxy) is 1. The Hall–Kier alpha value is -2.73. The number of carbonyl (C=O) groups is 1. The molecule has 0 bridgehead atoms. The number of nitrogens with zero attached hydrogens (tertiary/aromatic N) is 2. The number of benzene rings is 2. The van der Waals surface area contributed by atoms with Gasteiger partial charge in [0.05, 0.1) is 6.61 Å². The summed E-state index contributed by atoms with van der Waals surface area (Å²) >= 11 is 1.41. The van der Waals surface area contributed by atoms with Gasteiger partial charge in [-0.3, -0.25) is 4.79 Å². The molecule has 6 heteroatoms. The van der Waals surface area contributed by atoms with Crippen LogP contribution in [0, 0.1) is 0 Å². The topological polar surface area (TPSA) is 64.1 Å². The third kappa shape index (κ3) is 5.13. The first-order chi connectivity index (χ1) is 12.7. The molecule has 0 fully saturated rings. The number of para-hydroxylation sites is 1. The molecular weight excluding hydrogens is 346 g/mol. The number of hydrogen-bond donors (Lipinski definition) is 1. The van der Waals surface area contributed by atoms with E-state index in [0.29, 0.717) is 24.6 Å². The number of aryl methyl sites for hydroxylation is 1. The Kier molecular flexibility index (Phi) is 6.33. The zero-order valence-corrected chi connectivity index (χ0v) is 15.5. The highest BCUT2D eigenvalue weighted by Crippen LogP contribution is 2.21. The van der Waals surface area contributed by atoms with Gasteiger partial charge in [0.25, 0.3) is 0 Å². The van der Waals surface area contributed by atoms with Crippen LogP contribution in [0.15, 0.2) is 54.6 Å². The summed E-state index contributed by atoms with van der Waals surface area (Å²) in [7, 11) is 0. The van der Waals surface area contributed by atoms with Crippen molar-refractivity contribution in [2.75, 3.05) is 11.9 Å². The maximum absolute atomic E-state index is 12.2. The van der Waals surface area contributed by atoms with E-state index >= 15 is 0 Å². The number of nitrogens with one attached hydrogen (secondary N) is 1. The first kappa shape index (κ1) is 18.1. The summed E-state index contributed by atoms with van der Waals surface area (Å²) in [6.45, 7) is 2.56. The Morgan fingerprint density at radius 3 is 2.65 bits per heavy atom. The molecular formula is C20H21N3O2S. The first-order valence-corrected chi connectivity index (χ1v) is 9.43. The maximum Gasteiger partial charge on any atom is 0.226 e. The zero-order chi connectivity index (χ0) is 18.2. The molecule has 1 heterocycles. The average molecular weight is 367 g/mol. The van der Waals surface area contributed by atoms with Gasteiger partial charge in [-0.15, -0.1) is 10.2 Å². The molecule has 2 aromatic carbocycles. The third-order valence-electron chi connectivity index (χ3n) is 3.81. The van der Waals surface area contributed by atoms with Crippen molar-refractivity contribution < 1.29 is 9.53 Å². The summed E-state index contributed by atoms with van der Waals surface area (Å²) in [6, 6.07) is 17.9. The van der Waals surface area contributed by atoms with E-state index < -0.39 is 0 Å². The predicted octanol–water partition coefficient (Wildman–Crippen LogP) is 4.10. The van der Waals surface area contributed by atoms with Gasteiger partial charge < -0.3 is 10.1 Å². The Bertz CT molecular complexity index is 849. The lowest BCUT2D eigenvalue weighted by Gasteiger charge is -2.09. The minimum absolute atomic E-state index is 0.0706. The summed E-state index contributed by atoms with van der Waals surface area (Å²) < 4.78 is 5.60. The van der Waals surface area contributed by atoms with Crippen LogP contribution in [0.5, 0.6) is 5.75 Å². The van der Waals surface area contributed by atoms with E-state index in [9.17, 15) is 4.79 Å². The van der Waals surface area contributed by atoms with E-state index in [4.69, 9.17) is 4.74 Å². The van der Waals surface area contributed by atoms with Crippen LogP contribution >= 0.6 is 11.3 Å². The average Bonchev–Trinajstić information content (AvgIpc) is 3.09. The summed E-state index contributed by atoms with van der Waals surface area (Å²) in [5, 5.41) is 12.5. The minimum atomic E-state index is -0.0706. The van der Waals surface area contributed by atoms with Crippen molar-refractivity contribution in [3.05, 3.63) is 70.7 Å². The van der Waals surface area contributed by atoms with Crippen molar-refractivity contribution in [2.45, 2.75) is 26.2 Å². The lowest BCUT2D eigenvalue weighted by molar-refractivity contribution is -0.116. The highest BCUT2D eigenvalue weighted by molar-refractivity contribution is 7.15. The van der Waals surface area contributed by atoms with Crippen LogP contribution in [0.4, 0.5) is 5.13 Å². The van der Waals surface area contributed by atoms with Gasteiger partial charge in [0.1, 0.15) is 10.8 Å². The second kappa shape index (κ2) is 9.10. The highest BCUT2D eigenvalue weighted by Gasteiger charge is 2.10. The number of carbonyl (C=O) groups excluding carboxylic acids is 1. The molecule has 0 atom stereocenters. The van der Waals surface area contributed by atoms with Crippen LogP contribution in [0.2, 0.25) is 0 Å². The molecule has 1 aromatic heterocycles. The lowest BCUT2D eigenvalue weighted by Crippen LogP contribution is -2.12. The minimum Gasteiger partial charge on any atom is -0.494 e. The molecule has 1 N–H and O–H groups in total. The molecule has 0 saturated carbocycles. The fourth-order valence-corrected chi connectivity index (χ4v) is 3.37. The summed E-state index contributed by atoms with van der Waals surface area (Å²) in [5.41, 5.74) is 2.21. The van der Waals surface area contributed by atoms with Crippen LogP contribution < -0.4 is 10.1 Å². The molecule has 3 rings (SSSR count). The van der Waals surface area contributed by atoms with Crippen molar-refractivity contribution in [2.24, 2.45) is 0 Å². The molecule has 0 aliphatic rings. The second-order valence-corrected chi connectivity index (χ2v) is 6.81. The summed E-state index contributed by atoms with van der Waals surface area (Å²) in [4.78, 5) is 12.2. The molecule has 5 nitrogen and oxygen atoms in total. The van der Waals surface area contributed by atoms with Crippen molar-refractivity contribution in [3.63, 3.8) is 0 Å². The third-order valence-corrected chi connectivity index (χ3v) is 4.64. The molecule has 0 aliphatic heterocycles. The van der Waals surface area contributed by atoms with E-state index in [1.54, 1.807) is 0 Å². The van der Waals surface area contributed by atoms with E-state index in [1.165, 1.54) is 16.9 Å². The van der Waals surface area contributed by atoms with Gasteiger partial charge in [-0.2, -0.15) is 0 Å². The van der Waals surface area contributed by atoms with Gasteiger partial charge in [-0.25, -0.2) is 0 Å². The Morgan fingerprint density at radius 2 is 1.85 bits per heavy atom. The number of amides is 1. The van der Waals surface area contributed by atoms with Crippen molar-refractivity contribution in [1.82, 2.24) is 10.2 Å². The molecule has 1 amide bonds. The van der Waals surface area contributed by atoms with Gasteiger partial charge in [0, 0.05) is 12.8 Å². The van der Waals surface area contributed by atoms with E-state index in [1.807, 2.05) is 49.4 Å². The largest absolute Gasteiger partial charge is 0.494 e. The fraction of sp³-hybridized carbons (Fsp3) is 0.250. The van der Waals surface area contributed by atoms with Crippen LogP contribution in [0.1, 0.15) is 29.5 Å². The van der Waals surface area contributed by atoms with Crippen molar-refractivity contribution in [1.29, 1.82) is 0 Å². The molecule has 134 valence electrons. The van der Waals surface area contributed by atoms with Crippen LogP contribution in [-0.2, 0) is 17.6 Å². The van der Waals surface area contributed by atoms with E-state index in [-0.39, 0.29) is 5.91 Å². The van der Waals surface area contributed by atoms with E-state index in [2.05, 4.69) is 27.6 Å². The van der Waals surface area contributed by atoms with Gasteiger partial charge in [-0.05, 0) is 30.5 Å². The SMILES string of the molecule is CCOc1ccccc1CCC(=O)Nc1nnc(Cc2ccccc2)s1. The Labute approximate surface area is 157 Å². The number of aromatic nitrogens is 2. The summed E-state index contributed by atoms with van der Waals surface area (Å²) in [6.07, 6.45) is 1.71. The van der Waals surface area contributed by atoms with Gasteiger partial charge in [-0.1, -0.05) is 59.9 Å². The van der Waals surface area contributed by atoms with Gasteiger partial charge >= 0.3 is 0 Å². The second-order valence-electron chi connectivity index (χ2n) is 5.75. The molecule has 0 saturated heterocycles. The van der Waals surface area contributed by atoms with Crippen molar-refractivity contribution in [3.8, 4) is 5.75 Å². The quantitative estimate of drug-likeness (QED) is 0.651. The molecule has 0 aliphatic carbocycles. The summed E-state index contributed by atoms with van der Waals surface area (Å²) in [5.74, 6) is 0.766. The first-order valence-electron chi connectivity index (χ1n) is 8.61. The Balaban J connectivity index is 1.53. The Morgan fingerprint density at radius 1 is 1.08 bits per heavy atom. The number of rotatable bonds is 8. The molecule has 0 unspecified atom stereocenters. The highest BCUT2D eigenvalue weighted by atomic mass is 32.1. The zero-order valence-electron chi connectivity index (χ0n) is 14.6. The number of hydrogen-bond acceptors (Lipinski definition) is 5. The van der Waals surface area contributed by atoms with Crippen LogP contribution in [0.3, 0.4) is 0 Å².